The third-order valence-electron chi connectivity index (χ3n) is 1.05. The Morgan fingerprint density at radius 2 is 2.29 bits per heavy atom. The van der Waals surface area contributed by atoms with Crippen molar-refractivity contribution in [1.82, 2.24) is 0 Å². The molecule has 0 aromatic rings. The summed E-state index contributed by atoms with van der Waals surface area (Å²) in [6.07, 6.45) is -1.95. The van der Waals surface area contributed by atoms with Crippen molar-refractivity contribution in [1.29, 1.82) is 0 Å². The van der Waals surface area contributed by atoms with Crippen molar-refractivity contribution in [3.05, 3.63) is 11.8 Å². The van der Waals surface area contributed by atoms with Gasteiger partial charge in [-0.05, 0) is 6.05 Å². The van der Waals surface area contributed by atoms with E-state index in [-0.39, 0.29) is 0 Å². The van der Waals surface area contributed by atoms with Gasteiger partial charge in [-0.2, -0.15) is 21.6 Å². The molecule has 4 nitrogen and oxygen atoms in total. The zero-order valence-corrected chi connectivity index (χ0v) is 7.22. The number of hydrogen-bond donors (Lipinski definition) is 0. The van der Waals surface area contributed by atoms with E-state index in [2.05, 4.69) is 8.92 Å². The van der Waals surface area contributed by atoms with Gasteiger partial charge in [0.05, 0.1) is 17.3 Å². The highest BCUT2D eigenvalue weighted by atomic mass is 32.2. The lowest BCUT2D eigenvalue weighted by Gasteiger charge is -2.15. The van der Waals surface area contributed by atoms with Crippen LogP contribution < -0.4 is 0 Å². The molecule has 82 valence electrons. The quantitative estimate of drug-likeness (QED) is 0.533. The van der Waals surface area contributed by atoms with Crippen molar-refractivity contribution in [3.63, 3.8) is 0 Å². The highest BCUT2D eigenvalue weighted by Gasteiger charge is 2.48. The Bertz CT molecular complexity index is 462. The van der Waals surface area contributed by atoms with Crippen LogP contribution in [0.2, 0.25) is 0 Å². The van der Waals surface area contributed by atoms with Gasteiger partial charge in [0.15, 0.2) is 0 Å². The van der Waals surface area contributed by atoms with Gasteiger partial charge in [0.1, 0.15) is 5.76 Å². The molecule has 0 fully saturated rings. The molecule has 0 bridgehead atoms. The van der Waals surface area contributed by atoms with Crippen LogP contribution in [0, 0.1) is 0 Å². The first-order valence-electron chi connectivity index (χ1n) is 5.34. The van der Waals surface area contributed by atoms with E-state index in [1.807, 2.05) is 0 Å². The first kappa shape index (κ1) is 6.67. The van der Waals surface area contributed by atoms with Crippen LogP contribution in [0.3, 0.4) is 0 Å². The average molecular weight is 236 g/mol. The predicted octanol–water partition coefficient (Wildman–Crippen LogP) is 1.16. The van der Waals surface area contributed by atoms with E-state index in [0.29, 0.717) is 0 Å². The third-order valence-corrected chi connectivity index (χ3v) is 2.02. The second-order valence-electron chi connectivity index (χ2n) is 2.05. The van der Waals surface area contributed by atoms with Gasteiger partial charge in [0, 0.05) is 7.77 Å². The summed E-state index contributed by atoms with van der Waals surface area (Å²) in [7, 11) is -6.03. The van der Waals surface area contributed by atoms with Crippen molar-refractivity contribution in [2.75, 3.05) is 13.2 Å². The van der Waals surface area contributed by atoms with Crippen molar-refractivity contribution < 1.29 is 36.0 Å². The molecule has 0 aromatic heterocycles. The Hall–Kier alpha value is -0.760. The second kappa shape index (κ2) is 3.77. The van der Waals surface area contributed by atoms with Crippen molar-refractivity contribution in [2.45, 2.75) is 11.9 Å². The molecule has 0 aliphatic carbocycles. The molecular weight excluding hydrogens is 225 g/mol. The summed E-state index contributed by atoms with van der Waals surface area (Å²) >= 11 is 0. The Balaban J connectivity index is 3.13. The van der Waals surface area contributed by atoms with Crippen molar-refractivity contribution in [3.8, 4) is 0 Å². The fraction of sp³-hybridized carbons (Fsp3) is 0.667. The van der Waals surface area contributed by atoms with Gasteiger partial charge in [-0.25, -0.2) is 0 Å². The number of hydrogen-bond acceptors (Lipinski definition) is 4. The lowest BCUT2D eigenvalue weighted by molar-refractivity contribution is -0.0527. The maximum absolute atomic E-state index is 12.1. The van der Waals surface area contributed by atoms with E-state index < -0.39 is 47.0 Å². The maximum Gasteiger partial charge on any atom is 0.534 e. The molecule has 1 aliphatic rings. The molecule has 3 unspecified atom stereocenters. The number of halogens is 3. The first-order chi connectivity index (χ1) is 7.97. The molecule has 0 saturated heterocycles. The minimum Gasteiger partial charge on any atom is -0.381 e. The number of alkyl halides is 3. The number of ether oxygens (including phenoxy) is 1. The predicted molar refractivity (Wildman–Crippen MR) is 39.6 cm³/mol. The fourth-order valence-electron chi connectivity index (χ4n) is 0.498. The van der Waals surface area contributed by atoms with E-state index in [1.165, 1.54) is 0 Å². The van der Waals surface area contributed by atoms with Gasteiger partial charge >= 0.3 is 15.6 Å². The smallest absolute Gasteiger partial charge is 0.381 e. The summed E-state index contributed by atoms with van der Waals surface area (Å²) in [6, 6.07) is -1.04. The van der Waals surface area contributed by atoms with Gasteiger partial charge in [0.25, 0.3) is 0 Å². The molecule has 0 radical (unpaired) electrons. The van der Waals surface area contributed by atoms with Crippen LogP contribution in [-0.4, -0.2) is 27.1 Å². The summed E-state index contributed by atoms with van der Waals surface area (Å²) in [5.41, 5.74) is -5.71. The Morgan fingerprint density at radius 1 is 1.64 bits per heavy atom. The normalized spacial score (nSPS) is 39.5. The topological polar surface area (TPSA) is 52.6 Å². The molecule has 0 amide bonds. The minimum absolute atomic E-state index is 1.04. The molecule has 1 aliphatic heterocycles. The highest BCUT2D eigenvalue weighted by Crippen LogP contribution is 2.27. The summed E-state index contributed by atoms with van der Waals surface area (Å²) in [4.78, 5) is 0. The van der Waals surface area contributed by atoms with E-state index in [1.54, 1.807) is 0 Å². The average Bonchev–Trinajstić information content (AvgIpc) is 2.20. The summed E-state index contributed by atoms with van der Waals surface area (Å²) in [5.74, 6) is -1.22. The maximum atomic E-state index is 12.1. The van der Waals surface area contributed by atoms with Gasteiger partial charge in [0.2, 0.25) is 0 Å². The molecule has 1 heterocycles. The zero-order valence-electron chi connectivity index (χ0n) is 10.4. The molecular formula is C6H7F3O4S. The van der Waals surface area contributed by atoms with E-state index >= 15 is 0 Å². The van der Waals surface area contributed by atoms with Crippen LogP contribution in [-0.2, 0) is 19.0 Å². The van der Waals surface area contributed by atoms with Crippen LogP contribution in [0.25, 0.3) is 0 Å². The molecule has 0 N–H and O–H groups in total. The van der Waals surface area contributed by atoms with E-state index in [0.717, 1.165) is 0 Å². The summed E-state index contributed by atoms with van der Waals surface area (Å²) < 4.78 is 94.1. The lowest BCUT2D eigenvalue weighted by atomic mass is 10.3. The molecule has 0 saturated carbocycles. The Kier molecular flexibility index (Phi) is 1.80. The Morgan fingerprint density at radius 3 is 2.86 bits per heavy atom. The Labute approximate surface area is 84.0 Å². The van der Waals surface area contributed by atoms with Crippen molar-refractivity contribution >= 4 is 10.1 Å². The van der Waals surface area contributed by atoms with Crippen LogP contribution in [0.5, 0.6) is 0 Å². The summed E-state index contributed by atoms with van der Waals surface area (Å²) in [6.45, 7) is -3.67. The van der Waals surface area contributed by atoms with Crippen LogP contribution in [0.1, 0.15) is 11.9 Å². The van der Waals surface area contributed by atoms with Crippen LogP contribution in [0.4, 0.5) is 13.2 Å². The first-order valence-corrected chi connectivity index (χ1v) is 4.52. The molecule has 0 spiro atoms. The molecule has 14 heavy (non-hydrogen) atoms. The van der Waals surface area contributed by atoms with Crippen molar-refractivity contribution in [2.24, 2.45) is 0 Å². The largest absolute Gasteiger partial charge is 0.534 e. The van der Waals surface area contributed by atoms with Crippen LogP contribution >= 0.6 is 0 Å². The minimum atomic E-state index is -6.03. The lowest BCUT2D eigenvalue weighted by Crippen LogP contribution is -2.26. The van der Waals surface area contributed by atoms with E-state index in [4.69, 9.17) is 5.48 Å². The third kappa shape index (κ3) is 2.61. The van der Waals surface area contributed by atoms with Gasteiger partial charge in [-0.3, -0.25) is 0 Å². The highest BCUT2D eigenvalue weighted by molar-refractivity contribution is 7.87. The SMILES string of the molecule is [2H]C1=C(OS(=O)(=O)C(F)(F)F)C([2H])C([2H])OC1[2H]. The number of rotatable bonds is 2. The fourth-order valence-corrected chi connectivity index (χ4v) is 0.932. The van der Waals surface area contributed by atoms with E-state index in [9.17, 15) is 21.6 Å². The molecule has 8 heteroatoms. The second-order valence-corrected chi connectivity index (χ2v) is 3.59. The molecule has 1 rings (SSSR count). The summed E-state index contributed by atoms with van der Waals surface area (Å²) in [5, 5.41) is 0. The zero-order chi connectivity index (χ0) is 14.3. The molecule has 0 aromatic carbocycles. The molecule has 3 atom stereocenters. The monoisotopic (exact) mass is 236 g/mol. The van der Waals surface area contributed by atoms with Crippen LogP contribution in [0.15, 0.2) is 11.8 Å². The van der Waals surface area contributed by atoms with Gasteiger partial charge < -0.3 is 8.92 Å². The standard InChI is InChI=1S/C6H7F3O4S/c7-6(8,9)14(10,11)13-5-1-3-12-4-2-5/h1H,2-4H2/i1D,2D,3D,4D. The van der Waals surface area contributed by atoms with Gasteiger partial charge in [-0.1, -0.05) is 0 Å². The van der Waals surface area contributed by atoms with Gasteiger partial charge in [-0.15, -0.1) is 0 Å².